The van der Waals surface area contributed by atoms with Gasteiger partial charge in [-0.3, -0.25) is 9.59 Å². The number of amides is 1. The second kappa shape index (κ2) is 5.13. The second-order valence-electron chi connectivity index (χ2n) is 4.79. The number of hydrogen-bond acceptors (Lipinski definition) is 2. The van der Waals surface area contributed by atoms with Crippen LogP contribution in [0.5, 0.6) is 0 Å². The molecule has 1 aromatic rings. The Labute approximate surface area is 102 Å². The normalized spacial score (nSPS) is 12.9. The number of rotatable bonds is 4. The molecule has 1 unspecified atom stereocenters. The van der Waals surface area contributed by atoms with E-state index in [9.17, 15) is 9.59 Å². The lowest BCUT2D eigenvalue weighted by Crippen LogP contribution is -2.42. The van der Waals surface area contributed by atoms with Gasteiger partial charge >= 0.3 is 0 Å². The molecule has 17 heavy (non-hydrogen) atoms. The van der Waals surface area contributed by atoms with Crippen LogP contribution >= 0.6 is 0 Å². The summed E-state index contributed by atoms with van der Waals surface area (Å²) in [6.07, 6.45) is 0. The first-order chi connectivity index (χ1) is 7.85. The molecular formula is C14H19NO2. The minimum Gasteiger partial charge on any atom is -0.349 e. The molecule has 3 nitrogen and oxygen atoms in total. The van der Waals surface area contributed by atoms with Crippen LogP contribution in [0, 0.1) is 5.41 Å². The number of carbonyl (C=O) groups is 2. The van der Waals surface area contributed by atoms with E-state index in [-0.39, 0.29) is 17.7 Å². The van der Waals surface area contributed by atoms with Gasteiger partial charge in [0.15, 0.2) is 0 Å². The summed E-state index contributed by atoms with van der Waals surface area (Å²) in [6.45, 7) is 6.63. The fourth-order valence-electron chi connectivity index (χ4n) is 1.36. The predicted octanol–water partition coefficient (Wildman–Crippen LogP) is 2.48. The van der Waals surface area contributed by atoms with Gasteiger partial charge in [0.25, 0.3) is 0 Å². The topological polar surface area (TPSA) is 46.2 Å². The lowest BCUT2D eigenvalue weighted by molar-refractivity contribution is -0.139. The van der Waals surface area contributed by atoms with Crippen LogP contribution in [0.4, 0.5) is 0 Å². The molecule has 0 heterocycles. The number of hydrogen-bond donors (Lipinski definition) is 1. The highest BCUT2D eigenvalue weighted by molar-refractivity contribution is 6.04. The van der Waals surface area contributed by atoms with E-state index >= 15 is 0 Å². The van der Waals surface area contributed by atoms with Gasteiger partial charge in [-0.2, -0.15) is 0 Å². The molecular weight excluding hydrogens is 214 g/mol. The van der Waals surface area contributed by atoms with Crippen molar-refractivity contribution in [3.63, 3.8) is 0 Å². The molecule has 0 aliphatic heterocycles. The average molecular weight is 233 g/mol. The molecule has 0 radical (unpaired) electrons. The van der Waals surface area contributed by atoms with Crippen LogP contribution < -0.4 is 5.32 Å². The van der Waals surface area contributed by atoms with E-state index in [2.05, 4.69) is 5.32 Å². The van der Waals surface area contributed by atoms with Crippen LogP contribution in [0.3, 0.4) is 0 Å². The Hall–Kier alpha value is -1.64. The number of nitrogens with one attached hydrogen (secondary N) is 1. The van der Waals surface area contributed by atoms with Crippen molar-refractivity contribution in [3.05, 3.63) is 35.9 Å². The second-order valence-corrected chi connectivity index (χ2v) is 4.79. The minimum absolute atomic E-state index is 0.0951. The van der Waals surface area contributed by atoms with Crippen molar-refractivity contribution in [2.45, 2.75) is 33.7 Å². The Morgan fingerprint density at radius 3 is 2.18 bits per heavy atom. The lowest BCUT2D eigenvalue weighted by Gasteiger charge is -2.23. The van der Waals surface area contributed by atoms with Crippen LogP contribution in [0.1, 0.15) is 39.3 Å². The first-order valence-electron chi connectivity index (χ1n) is 5.72. The van der Waals surface area contributed by atoms with Gasteiger partial charge in [0.2, 0.25) is 5.91 Å². The molecule has 0 aliphatic rings. The smallest absolute Gasteiger partial charge is 0.233 e. The van der Waals surface area contributed by atoms with E-state index < -0.39 is 5.41 Å². The van der Waals surface area contributed by atoms with E-state index in [4.69, 9.17) is 0 Å². The molecule has 0 fully saturated rings. The van der Waals surface area contributed by atoms with Crippen molar-refractivity contribution < 1.29 is 9.59 Å². The van der Waals surface area contributed by atoms with E-state index in [0.717, 1.165) is 5.56 Å². The molecule has 0 bridgehead atoms. The van der Waals surface area contributed by atoms with Crippen molar-refractivity contribution in [1.82, 2.24) is 5.32 Å². The zero-order valence-electron chi connectivity index (χ0n) is 10.8. The summed E-state index contributed by atoms with van der Waals surface area (Å²) in [5, 5.41) is 2.86. The molecule has 1 rings (SSSR count). The van der Waals surface area contributed by atoms with Gasteiger partial charge in [-0.25, -0.2) is 0 Å². The summed E-state index contributed by atoms with van der Waals surface area (Å²) < 4.78 is 0. The van der Waals surface area contributed by atoms with Gasteiger partial charge in [0, 0.05) is 0 Å². The summed E-state index contributed by atoms with van der Waals surface area (Å²) in [7, 11) is 0. The maximum absolute atomic E-state index is 12.0. The van der Waals surface area contributed by atoms with Crippen molar-refractivity contribution in [1.29, 1.82) is 0 Å². The summed E-state index contributed by atoms with van der Waals surface area (Å²) in [4.78, 5) is 23.3. The molecule has 3 heteroatoms. The third kappa shape index (κ3) is 3.16. The Morgan fingerprint density at radius 1 is 1.18 bits per heavy atom. The van der Waals surface area contributed by atoms with Crippen LogP contribution in [-0.4, -0.2) is 11.7 Å². The van der Waals surface area contributed by atoms with Crippen molar-refractivity contribution in [2.75, 3.05) is 0 Å². The highest BCUT2D eigenvalue weighted by atomic mass is 16.2. The van der Waals surface area contributed by atoms with E-state index in [1.807, 2.05) is 37.3 Å². The van der Waals surface area contributed by atoms with Crippen LogP contribution in [0.15, 0.2) is 30.3 Å². The highest BCUT2D eigenvalue weighted by Gasteiger charge is 2.33. The third-order valence-electron chi connectivity index (χ3n) is 3.09. The van der Waals surface area contributed by atoms with Crippen LogP contribution in [0.25, 0.3) is 0 Å². The SMILES string of the molecule is CC(=O)C(C)(C)C(=O)NC(C)c1ccccc1. The van der Waals surface area contributed by atoms with Gasteiger partial charge in [-0.15, -0.1) is 0 Å². The molecule has 0 spiro atoms. The van der Waals surface area contributed by atoms with E-state index in [0.29, 0.717) is 0 Å². The fourth-order valence-corrected chi connectivity index (χ4v) is 1.36. The number of ketones is 1. The summed E-state index contributed by atoms with van der Waals surface area (Å²) in [5.74, 6) is -0.364. The fraction of sp³-hybridized carbons (Fsp3) is 0.429. The lowest BCUT2D eigenvalue weighted by atomic mass is 9.87. The average Bonchev–Trinajstić information content (AvgIpc) is 2.29. The summed E-state index contributed by atoms with van der Waals surface area (Å²) >= 11 is 0. The first kappa shape index (κ1) is 13.4. The molecule has 0 aliphatic carbocycles. The largest absolute Gasteiger partial charge is 0.349 e. The predicted molar refractivity (Wildman–Crippen MR) is 67.5 cm³/mol. The monoisotopic (exact) mass is 233 g/mol. The molecule has 1 atom stereocenters. The molecule has 1 N–H and O–H groups in total. The molecule has 0 aromatic heterocycles. The molecule has 1 aromatic carbocycles. The molecule has 92 valence electrons. The van der Waals surface area contributed by atoms with Crippen molar-refractivity contribution >= 4 is 11.7 Å². The Balaban J connectivity index is 2.74. The van der Waals surface area contributed by atoms with Crippen LogP contribution in [-0.2, 0) is 9.59 Å². The van der Waals surface area contributed by atoms with Crippen molar-refractivity contribution in [3.8, 4) is 0 Å². The highest BCUT2D eigenvalue weighted by Crippen LogP contribution is 2.19. The number of carbonyl (C=O) groups excluding carboxylic acids is 2. The van der Waals surface area contributed by atoms with E-state index in [1.54, 1.807) is 13.8 Å². The maximum atomic E-state index is 12.0. The molecule has 0 saturated carbocycles. The number of benzene rings is 1. The standard InChI is InChI=1S/C14H19NO2/c1-10(12-8-6-5-7-9-12)15-13(17)14(3,4)11(2)16/h5-10H,1-4H3,(H,15,17). The number of Topliss-reactive ketones (excluding diaryl/α,β-unsaturated/α-hetero) is 1. The zero-order valence-corrected chi connectivity index (χ0v) is 10.8. The van der Waals surface area contributed by atoms with Gasteiger partial charge in [-0.05, 0) is 33.3 Å². The first-order valence-corrected chi connectivity index (χ1v) is 5.72. The quantitative estimate of drug-likeness (QED) is 0.812. The third-order valence-corrected chi connectivity index (χ3v) is 3.09. The van der Waals surface area contributed by atoms with Crippen molar-refractivity contribution in [2.24, 2.45) is 5.41 Å². The molecule has 0 saturated heterocycles. The van der Waals surface area contributed by atoms with Crippen LogP contribution in [0.2, 0.25) is 0 Å². The van der Waals surface area contributed by atoms with E-state index in [1.165, 1.54) is 6.92 Å². The summed E-state index contributed by atoms with van der Waals surface area (Å²) in [5.41, 5.74) is 0.0588. The van der Waals surface area contributed by atoms with Gasteiger partial charge in [-0.1, -0.05) is 30.3 Å². The molecule has 1 amide bonds. The van der Waals surface area contributed by atoms with Gasteiger partial charge in [0.1, 0.15) is 11.2 Å². The van der Waals surface area contributed by atoms with Gasteiger partial charge < -0.3 is 5.32 Å². The Bertz CT molecular complexity index is 409. The zero-order chi connectivity index (χ0) is 13.1. The minimum atomic E-state index is -0.969. The maximum Gasteiger partial charge on any atom is 0.233 e. The summed E-state index contributed by atoms with van der Waals surface area (Å²) in [6, 6.07) is 9.58. The Morgan fingerprint density at radius 2 is 1.71 bits per heavy atom. The van der Waals surface area contributed by atoms with Gasteiger partial charge in [0.05, 0.1) is 6.04 Å². The Kier molecular flexibility index (Phi) is 4.05.